The van der Waals surface area contributed by atoms with E-state index in [1.165, 1.54) is 5.75 Å². The van der Waals surface area contributed by atoms with Crippen molar-refractivity contribution in [1.29, 1.82) is 0 Å². The normalized spacial score (nSPS) is 36.9. The average Bonchev–Trinajstić information content (AvgIpc) is 2.11. The lowest BCUT2D eigenvalue weighted by atomic mass is 9.56. The highest BCUT2D eigenvalue weighted by Crippen LogP contribution is 2.65. The van der Waals surface area contributed by atoms with E-state index in [0.29, 0.717) is 0 Å². The zero-order valence-electron chi connectivity index (χ0n) is 8.69. The third-order valence-corrected chi connectivity index (χ3v) is 7.17. The lowest BCUT2D eigenvalue weighted by Crippen LogP contribution is -2.54. The first-order chi connectivity index (χ1) is 6.90. The standard InChI is InChI=1S/C13H18S/c1-2-14(12-6-4-3-5-7-12)13-10-8-11(13)9-10/h3-7,10-11,13-14H,2,8-9H2,1H3. The van der Waals surface area contributed by atoms with E-state index in [2.05, 4.69) is 37.3 Å². The Morgan fingerprint density at radius 2 is 1.79 bits per heavy atom. The van der Waals surface area contributed by atoms with E-state index in [1.807, 2.05) is 0 Å². The molecule has 1 aromatic rings. The summed E-state index contributed by atoms with van der Waals surface area (Å²) in [7, 11) is 0.182. The molecule has 1 aromatic carbocycles. The topological polar surface area (TPSA) is 0 Å². The molecule has 76 valence electrons. The van der Waals surface area contributed by atoms with Gasteiger partial charge in [0.05, 0.1) is 0 Å². The Bertz CT molecular complexity index is 305. The zero-order valence-corrected chi connectivity index (χ0v) is 9.58. The van der Waals surface area contributed by atoms with Crippen LogP contribution in [-0.4, -0.2) is 11.0 Å². The van der Waals surface area contributed by atoms with Gasteiger partial charge in [-0.05, 0) is 40.6 Å². The van der Waals surface area contributed by atoms with Crippen LogP contribution in [0.5, 0.6) is 0 Å². The molecule has 0 N–H and O–H groups in total. The highest BCUT2D eigenvalue weighted by Gasteiger charge is 2.54. The van der Waals surface area contributed by atoms with Crippen LogP contribution >= 0.6 is 10.9 Å². The lowest BCUT2D eigenvalue weighted by molar-refractivity contribution is 0.0323. The molecule has 1 atom stereocenters. The maximum absolute atomic E-state index is 2.37. The first-order valence-corrected chi connectivity index (χ1v) is 7.31. The molecule has 14 heavy (non-hydrogen) atoms. The summed E-state index contributed by atoms with van der Waals surface area (Å²) in [5, 5.41) is 1.11. The summed E-state index contributed by atoms with van der Waals surface area (Å²) in [6, 6.07) is 11.2. The van der Waals surface area contributed by atoms with Crippen molar-refractivity contribution in [3.8, 4) is 0 Å². The van der Waals surface area contributed by atoms with Gasteiger partial charge in [-0.3, -0.25) is 0 Å². The van der Waals surface area contributed by atoms with Gasteiger partial charge in [0.25, 0.3) is 0 Å². The Hall–Kier alpha value is -0.430. The molecule has 3 saturated carbocycles. The first-order valence-electron chi connectivity index (χ1n) is 5.72. The molecular weight excluding hydrogens is 188 g/mol. The Kier molecular flexibility index (Phi) is 2.09. The number of benzene rings is 1. The van der Waals surface area contributed by atoms with E-state index in [0.717, 1.165) is 17.1 Å². The molecule has 0 aliphatic heterocycles. The molecule has 0 saturated heterocycles. The van der Waals surface area contributed by atoms with Gasteiger partial charge in [-0.2, -0.15) is 0 Å². The molecule has 0 radical (unpaired) electrons. The minimum Gasteiger partial charge on any atom is -0.224 e. The van der Waals surface area contributed by atoms with Gasteiger partial charge >= 0.3 is 0 Å². The fourth-order valence-electron chi connectivity index (χ4n) is 2.95. The number of hydrogen-bond donors (Lipinski definition) is 1. The molecule has 3 aliphatic carbocycles. The van der Waals surface area contributed by atoms with E-state index in [-0.39, 0.29) is 10.9 Å². The molecular formula is C13H18S. The van der Waals surface area contributed by atoms with Gasteiger partial charge in [-0.1, -0.05) is 37.3 Å². The smallest absolute Gasteiger partial charge is 0.00415 e. The molecule has 4 rings (SSSR count). The summed E-state index contributed by atoms with van der Waals surface area (Å²) in [5.74, 6) is 3.62. The largest absolute Gasteiger partial charge is 0.224 e. The third kappa shape index (κ3) is 1.15. The van der Waals surface area contributed by atoms with Crippen LogP contribution in [0.3, 0.4) is 0 Å². The minimum absolute atomic E-state index is 0.182. The summed E-state index contributed by atoms with van der Waals surface area (Å²) in [4.78, 5) is 1.64. The van der Waals surface area contributed by atoms with Gasteiger partial charge in [0.2, 0.25) is 0 Å². The SMILES string of the molecule is CC[SH](c1ccccc1)C1C2CC1C2. The van der Waals surface area contributed by atoms with Gasteiger partial charge < -0.3 is 0 Å². The minimum atomic E-state index is 0.182. The summed E-state index contributed by atoms with van der Waals surface area (Å²) >= 11 is 0. The van der Waals surface area contributed by atoms with E-state index in [9.17, 15) is 0 Å². The third-order valence-electron chi connectivity index (χ3n) is 3.97. The van der Waals surface area contributed by atoms with Crippen molar-refractivity contribution in [3.63, 3.8) is 0 Å². The molecule has 1 heteroatoms. The fraction of sp³-hybridized carbons (Fsp3) is 0.538. The number of thiol groups is 1. The van der Waals surface area contributed by atoms with Crippen molar-refractivity contribution < 1.29 is 0 Å². The van der Waals surface area contributed by atoms with Gasteiger partial charge in [0.1, 0.15) is 0 Å². The summed E-state index contributed by atoms with van der Waals surface area (Å²) in [6.07, 6.45) is 3.10. The molecule has 2 bridgehead atoms. The predicted molar refractivity (Wildman–Crippen MR) is 64.2 cm³/mol. The maximum Gasteiger partial charge on any atom is -0.00415 e. The van der Waals surface area contributed by atoms with E-state index >= 15 is 0 Å². The molecule has 3 fully saturated rings. The second-order valence-electron chi connectivity index (χ2n) is 4.60. The predicted octanol–water partition coefficient (Wildman–Crippen LogP) is 3.48. The highest BCUT2D eigenvalue weighted by atomic mass is 32.2. The fourth-order valence-corrected chi connectivity index (χ4v) is 6.14. The molecule has 0 nitrogen and oxygen atoms in total. The van der Waals surface area contributed by atoms with Crippen LogP contribution in [0.2, 0.25) is 0 Å². The van der Waals surface area contributed by atoms with Crippen LogP contribution in [0.4, 0.5) is 0 Å². The summed E-state index contributed by atoms with van der Waals surface area (Å²) in [6.45, 7) is 2.37. The van der Waals surface area contributed by atoms with Crippen molar-refractivity contribution >= 4 is 10.9 Å². The zero-order chi connectivity index (χ0) is 9.54. The van der Waals surface area contributed by atoms with Gasteiger partial charge in [0, 0.05) is 0 Å². The average molecular weight is 206 g/mol. The van der Waals surface area contributed by atoms with Gasteiger partial charge in [0.15, 0.2) is 0 Å². The highest BCUT2D eigenvalue weighted by molar-refractivity contribution is 8.17. The van der Waals surface area contributed by atoms with Crippen LogP contribution in [-0.2, 0) is 0 Å². The molecule has 1 unspecified atom stereocenters. The Labute approximate surface area is 89.1 Å². The monoisotopic (exact) mass is 206 g/mol. The van der Waals surface area contributed by atoms with Crippen molar-refractivity contribution in [2.75, 3.05) is 5.75 Å². The first kappa shape index (κ1) is 8.84. The van der Waals surface area contributed by atoms with Crippen LogP contribution in [0.25, 0.3) is 0 Å². The summed E-state index contributed by atoms with van der Waals surface area (Å²) in [5.41, 5.74) is 0. The van der Waals surface area contributed by atoms with Crippen LogP contribution in [0.15, 0.2) is 35.2 Å². The molecule has 0 heterocycles. The van der Waals surface area contributed by atoms with E-state index < -0.39 is 0 Å². The van der Waals surface area contributed by atoms with Crippen molar-refractivity contribution in [3.05, 3.63) is 30.3 Å². The number of hydrogen-bond acceptors (Lipinski definition) is 0. The second-order valence-corrected chi connectivity index (χ2v) is 7.29. The van der Waals surface area contributed by atoms with Crippen LogP contribution < -0.4 is 0 Å². The molecule has 0 spiro atoms. The van der Waals surface area contributed by atoms with Gasteiger partial charge in [-0.25, -0.2) is 10.9 Å². The molecule has 3 aliphatic rings. The quantitative estimate of drug-likeness (QED) is 0.719. The van der Waals surface area contributed by atoms with Crippen molar-refractivity contribution in [1.82, 2.24) is 0 Å². The van der Waals surface area contributed by atoms with Crippen LogP contribution in [0, 0.1) is 11.8 Å². The second kappa shape index (κ2) is 3.30. The Balaban J connectivity index is 1.81. The number of rotatable bonds is 3. The van der Waals surface area contributed by atoms with Crippen molar-refractivity contribution in [2.24, 2.45) is 11.8 Å². The molecule has 0 aromatic heterocycles. The Morgan fingerprint density at radius 3 is 2.21 bits per heavy atom. The summed E-state index contributed by atoms with van der Waals surface area (Å²) < 4.78 is 0. The lowest BCUT2D eigenvalue weighted by Gasteiger charge is -2.62. The van der Waals surface area contributed by atoms with E-state index in [1.54, 1.807) is 17.7 Å². The van der Waals surface area contributed by atoms with Crippen molar-refractivity contribution in [2.45, 2.75) is 29.9 Å². The van der Waals surface area contributed by atoms with Crippen LogP contribution in [0.1, 0.15) is 19.8 Å². The van der Waals surface area contributed by atoms with E-state index in [4.69, 9.17) is 0 Å². The Morgan fingerprint density at radius 1 is 1.14 bits per heavy atom. The molecule has 0 amide bonds. The maximum atomic E-state index is 2.37. The van der Waals surface area contributed by atoms with Gasteiger partial charge in [-0.15, -0.1) is 0 Å².